The zero-order valence-electron chi connectivity index (χ0n) is 20.5. The van der Waals surface area contributed by atoms with Crippen LogP contribution in [0.5, 0.6) is 0 Å². The Hall–Kier alpha value is -2.37. The predicted molar refractivity (Wildman–Crippen MR) is 148 cm³/mol. The van der Waals surface area contributed by atoms with Crippen LogP contribution < -0.4 is 10.2 Å². The molecule has 1 aliphatic heterocycles. The van der Waals surface area contributed by atoms with Crippen molar-refractivity contribution in [3.8, 4) is 11.1 Å². The molecular formula is C28H32N2OS2. The fourth-order valence-corrected chi connectivity index (χ4v) is 5.79. The van der Waals surface area contributed by atoms with Gasteiger partial charge in [-0.15, -0.1) is 0 Å². The fraction of sp³-hybridized carbons (Fsp3) is 0.357. The maximum absolute atomic E-state index is 12.2. The molecule has 4 rings (SSSR count). The van der Waals surface area contributed by atoms with Crippen LogP contribution in [0.2, 0.25) is 0 Å². The van der Waals surface area contributed by atoms with E-state index in [4.69, 9.17) is 12.2 Å². The monoisotopic (exact) mass is 476 g/mol. The van der Waals surface area contributed by atoms with E-state index in [1.54, 1.807) is 0 Å². The summed E-state index contributed by atoms with van der Waals surface area (Å²) in [5.41, 5.74) is 10.2. The van der Waals surface area contributed by atoms with Gasteiger partial charge in [-0.3, -0.25) is 4.79 Å². The Morgan fingerprint density at radius 3 is 2.45 bits per heavy atom. The molecule has 1 fully saturated rings. The van der Waals surface area contributed by atoms with Gasteiger partial charge in [0.15, 0.2) is 0 Å². The van der Waals surface area contributed by atoms with Gasteiger partial charge in [-0.1, -0.05) is 69.9 Å². The molecule has 0 aromatic heterocycles. The van der Waals surface area contributed by atoms with Crippen molar-refractivity contribution in [2.24, 2.45) is 5.92 Å². The summed E-state index contributed by atoms with van der Waals surface area (Å²) < 4.78 is 0.512. The molecule has 2 aromatic carbocycles. The Bertz CT molecular complexity index is 1220. The van der Waals surface area contributed by atoms with E-state index in [9.17, 15) is 4.79 Å². The zero-order valence-corrected chi connectivity index (χ0v) is 22.1. The minimum Gasteiger partial charge on any atom is -0.377 e. The summed E-state index contributed by atoms with van der Waals surface area (Å²) in [5, 5.41) is 2.70. The first-order chi connectivity index (χ1) is 15.5. The van der Waals surface area contributed by atoms with Gasteiger partial charge in [0, 0.05) is 25.3 Å². The van der Waals surface area contributed by atoms with Crippen LogP contribution in [0.4, 0.5) is 5.69 Å². The smallest absolute Gasteiger partial charge is 0.263 e. The van der Waals surface area contributed by atoms with E-state index in [1.165, 1.54) is 45.2 Å². The number of hydrogen-bond acceptors (Lipinski definition) is 4. The van der Waals surface area contributed by atoms with Gasteiger partial charge in [0.1, 0.15) is 4.32 Å². The molecule has 0 atom stereocenters. The largest absolute Gasteiger partial charge is 0.377 e. The molecule has 2 aromatic rings. The van der Waals surface area contributed by atoms with Crippen molar-refractivity contribution in [3.63, 3.8) is 0 Å². The van der Waals surface area contributed by atoms with Crippen molar-refractivity contribution in [1.82, 2.24) is 5.32 Å². The Labute approximate surface area is 207 Å². The topological polar surface area (TPSA) is 32.3 Å². The molecule has 2 aliphatic rings. The highest BCUT2D eigenvalue weighted by molar-refractivity contribution is 8.26. The van der Waals surface area contributed by atoms with E-state index in [2.05, 4.69) is 95.3 Å². The van der Waals surface area contributed by atoms with Crippen LogP contribution in [0.3, 0.4) is 0 Å². The average molecular weight is 477 g/mol. The van der Waals surface area contributed by atoms with E-state index in [0.29, 0.717) is 15.1 Å². The Morgan fingerprint density at radius 2 is 1.85 bits per heavy atom. The third kappa shape index (κ3) is 4.53. The van der Waals surface area contributed by atoms with E-state index in [1.807, 2.05) is 6.08 Å². The zero-order chi connectivity index (χ0) is 24.1. The number of anilines is 1. The Kier molecular flexibility index (Phi) is 6.32. The lowest BCUT2D eigenvalue weighted by Gasteiger charge is -2.34. The van der Waals surface area contributed by atoms with Gasteiger partial charge < -0.3 is 10.2 Å². The van der Waals surface area contributed by atoms with Crippen LogP contribution in [0.25, 0.3) is 22.8 Å². The molecule has 0 unspecified atom stereocenters. The second kappa shape index (κ2) is 8.77. The summed E-state index contributed by atoms with van der Waals surface area (Å²) >= 11 is 6.47. The molecule has 172 valence electrons. The molecule has 0 spiro atoms. The van der Waals surface area contributed by atoms with Gasteiger partial charge in [-0.25, -0.2) is 0 Å². The lowest BCUT2D eigenvalue weighted by atomic mass is 9.70. The third-order valence-electron chi connectivity index (χ3n) is 6.59. The van der Waals surface area contributed by atoms with Crippen molar-refractivity contribution < 1.29 is 4.79 Å². The van der Waals surface area contributed by atoms with E-state index in [-0.39, 0.29) is 11.3 Å². The van der Waals surface area contributed by atoms with Crippen LogP contribution in [0, 0.1) is 12.8 Å². The number of amides is 1. The second-order valence-electron chi connectivity index (χ2n) is 10.1. The van der Waals surface area contributed by atoms with Gasteiger partial charge in [0.2, 0.25) is 0 Å². The fourth-order valence-electron chi connectivity index (χ4n) is 4.75. The standard InChI is InChI=1S/C28H32N2OS2/c1-16(2)19-10-11-28(4,5)23-12-17(3)20(15-21(19)23)22-13-18(8-9-24(22)30(6)7)14-25-26(31)29-27(32)33-25/h8-10,12-16H,11H2,1-7H3,(H,29,31,32). The Morgan fingerprint density at radius 1 is 1.12 bits per heavy atom. The minimum absolute atomic E-state index is 0.123. The van der Waals surface area contributed by atoms with Gasteiger partial charge >= 0.3 is 0 Å². The highest BCUT2D eigenvalue weighted by Crippen LogP contribution is 2.45. The summed E-state index contributed by atoms with van der Waals surface area (Å²) in [4.78, 5) is 15.0. The van der Waals surface area contributed by atoms with Gasteiger partial charge in [0.25, 0.3) is 5.91 Å². The number of thioether (sulfide) groups is 1. The number of allylic oxidation sites excluding steroid dienone is 2. The quantitative estimate of drug-likeness (QED) is 0.383. The van der Waals surface area contributed by atoms with Crippen LogP contribution in [-0.4, -0.2) is 24.3 Å². The van der Waals surface area contributed by atoms with Crippen molar-refractivity contribution in [2.75, 3.05) is 19.0 Å². The number of rotatable bonds is 4. The number of aryl methyl sites for hydroxylation is 1. The van der Waals surface area contributed by atoms with E-state index < -0.39 is 0 Å². The number of nitrogens with zero attached hydrogens (tertiary/aromatic N) is 1. The molecule has 1 saturated heterocycles. The predicted octanol–water partition coefficient (Wildman–Crippen LogP) is 6.94. The van der Waals surface area contributed by atoms with Crippen LogP contribution >= 0.6 is 24.0 Å². The molecule has 1 N–H and O–H groups in total. The Balaban J connectivity index is 1.91. The molecule has 1 amide bonds. The first kappa shape index (κ1) is 23.8. The molecule has 0 saturated carbocycles. The third-order valence-corrected chi connectivity index (χ3v) is 7.75. The first-order valence-electron chi connectivity index (χ1n) is 11.4. The van der Waals surface area contributed by atoms with Gasteiger partial charge in [-0.05, 0) is 82.3 Å². The van der Waals surface area contributed by atoms with Crippen molar-refractivity contribution in [1.29, 1.82) is 0 Å². The van der Waals surface area contributed by atoms with Crippen molar-refractivity contribution in [3.05, 3.63) is 63.6 Å². The molecule has 0 radical (unpaired) electrons. The molecule has 0 bridgehead atoms. The second-order valence-corrected chi connectivity index (χ2v) is 11.9. The van der Waals surface area contributed by atoms with E-state index >= 15 is 0 Å². The average Bonchev–Trinajstić information content (AvgIpc) is 3.04. The van der Waals surface area contributed by atoms with Crippen molar-refractivity contribution >= 4 is 51.5 Å². The molecule has 1 aliphatic carbocycles. The normalized spacial score (nSPS) is 18.4. The first-order valence-corrected chi connectivity index (χ1v) is 12.6. The van der Waals surface area contributed by atoms with Gasteiger partial charge in [-0.2, -0.15) is 0 Å². The molecule has 3 nitrogen and oxygen atoms in total. The molecule has 1 heterocycles. The number of thiocarbonyl (C=S) groups is 1. The molecular weight excluding hydrogens is 444 g/mol. The summed E-state index contributed by atoms with van der Waals surface area (Å²) in [5.74, 6) is 0.351. The summed E-state index contributed by atoms with van der Waals surface area (Å²) in [6.07, 6.45) is 5.43. The maximum atomic E-state index is 12.2. The highest BCUT2D eigenvalue weighted by atomic mass is 32.2. The number of fused-ring (bicyclic) bond motifs is 1. The SMILES string of the molecule is Cc1cc2c(cc1-c1cc(C=C3SC(=S)NC3=O)ccc1N(C)C)C(C(C)C)=CCC2(C)C. The lowest BCUT2D eigenvalue weighted by molar-refractivity contribution is -0.115. The van der Waals surface area contributed by atoms with Crippen molar-refractivity contribution in [2.45, 2.75) is 46.5 Å². The number of carbonyl (C=O) groups is 1. The number of hydrogen-bond donors (Lipinski definition) is 1. The van der Waals surface area contributed by atoms with Crippen LogP contribution in [0.1, 0.15) is 56.4 Å². The summed E-state index contributed by atoms with van der Waals surface area (Å²) in [6, 6.07) is 11.2. The highest BCUT2D eigenvalue weighted by Gasteiger charge is 2.30. The van der Waals surface area contributed by atoms with Crippen LogP contribution in [0.15, 0.2) is 41.3 Å². The van der Waals surface area contributed by atoms with Gasteiger partial charge in [0.05, 0.1) is 4.91 Å². The lowest BCUT2D eigenvalue weighted by Crippen LogP contribution is -2.23. The molecule has 33 heavy (non-hydrogen) atoms. The number of carbonyl (C=O) groups excluding carboxylic acids is 1. The molecule has 5 heteroatoms. The van der Waals surface area contributed by atoms with E-state index in [0.717, 1.165) is 17.7 Å². The summed E-state index contributed by atoms with van der Waals surface area (Å²) in [6.45, 7) is 11.4. The number of nitrogens with one attached hydrogen (secondary N) is 1. The summed E-state index contributed by atoms with van der Waals surface area (Å²) in [7, 11) is 4.15. The minimum atomic E-state index is -0.123. The number of benzene rings is 2. The van der Waals surface area contributed by atoms with Crippen LogP contribution in [-0.2, 0) is 10.2 Å². The maximum Gasteiger partial charge on any atom is 0.263 e.